The maximum Gasteiger partial charge on any atom is 0.334 e. The van der Waals surface area contributed by atoms with Crippen LogP contribution in [0.4, 0.5) is 0 Å². The van der Waals surface area contributed by atoms with E-state index >= 15 is 0 Å². The van der Waals surface area contributed by atoms with Crippen molar-refractivity contribution in [1.82, 2.24) is 0 Å². The van der Waals surface area contributed by atoms with Crippen molar-refractivity contribution < 1.29 is 38.8 Å². The zero-order valence-corrected chi connectivity index (χ0v) is 17.6. The van der Waals surface area contributed by atoms with Crippen LogP contribution in [0.1, 0.15) is 40.0 Å². The summed E-state index contributed by atoms with van der Waals surface area (Å²) in [7, 11) is 0. The molecular weight excluding hydrogens is 392 g/mol. The fourth-order valence-electron chi connectivity index (χ4n) is 3.56. The first-order valence-electron chi connectivity index (χ1n) is 10.1. The minimum Gasteiger partial charge on any atom is -0.457 e. The molecule has 30 heavy (non-hydrogen) atoms. The lowest BCUT2D eigenvalue weighted by molar-refractivity contribution is -0.171. The highest BCUT2D eigenvalue weighted by Gasteiger charge is 2.49. The molecule has 0 aromatic carbocycles. The van der Waals surface area contributed by atoms with Crippen LogP contribution in [0.2, 0.25) is 0 Å². The summed E-state index contributed by atoms with van der Waals surface area (Å²) in [6.07, 6.45) is 1.67. The first-order valence-corrected chi connectivity index (χ1v) is 10.1. The van der Waals surface area contributed by atoms with Crippen LogP contribution in [-0.4, -0.2) is 59.6 Å². The molecule has 0 amide bonds. The second-order valence-electron chi connectivity index (χ2n) is 7.62. The van der Waals surface area contributed by atoms with Crippen LogP contribution in [0.3, 0.4) is 0 Å². The molecule has 0 spiro atoms. The zero-order chi connectivity index (χ0) is 22.4. The average Bonchev–Trinajstić information content (AvgIpc) is 2.99. The van der Waals surface area contributed by atoms with E-state index in [0.29, 0.717) is 30.4 Å². The molecule has 0 unspecified atom stereocenters. The largest absolute Gasteiger partial charge is 0.457 e. The number of carbonyl (C=O) groups is 3. The van der Waals surface area contributed by atoms with Crippen LogP contribution in [0, 0.1) is 11.8 Å². The van der Waals surface area contributed by atoms with Gasteiger partial charge in [0.25, 0.3) is 0 Å². The van der Waals surface area contributed by atoms with Crippen LogP contribution < -0.4 is 0 Å². The number of esters is 3. The number of hydrogen-bond acceptors (Lipinski definition) is 8. The van der Waals surface area contributed by atoms with Crippen LogP contribution >= 0.6 is 0 Å². The van der Waals surface area contributed by atoms with E-state index in [1.165, 1.54) is 6.92 Å². The van der Waals surface area contributed by atoms with Gasteiger partial charge in [0.1, 0.15) is 6.10 Å². The summed E-state index contributed by atoms with van der Waals surface area (Å²) < 4.78 is 16.7. The summed E-state index contributed by atoms with van der Waals surface area (Å²) in [5, 5.41) is 19.6. The minimum atomic E-state index is -1.13. The number of hydrogen-bond donors (Lipinski definition) is 2. The Morgan fingerprint density at radius 1 is 1.30 bits per heavy atom. The quantitative estimate of drug-likeness (QED) is 0.287. The number of aliphatic hydroxyl groups excluding tert-OH is 2. The topological polar surface area (TPSA) is 119 Å². The molecule has 1 aliphatic heterocycles. The summed E-state index contributed by atoms with van der Waals surface area (Å²) in [6, 6.07) is 0. The summed E-state index contributed by atoms with van der Waals surface area (Å²) in [5.41, 5.74) is 1.06. The van der Waals surface area contributed by atoms with Gasteiger partial charge in [-0.3, -0.25) is 9.59 Å². The van der Waals surface area contributed by atoms with Gasteiger partial charge in [-0.1, -0.05) is 26.5 Å². The van der Waals surface area contributed by atoms with Gasteiger partial charge in [-0.15, -0.1) is 0 Å². The predicted molar refractivity (Wildman–Crippen MR) is 107 cm³/mol. The van der Waals surface area contributed by atoms with Gasteiger partial charge < -0.3 is 24.4 Å². The van der Waals surface area contributed by atoms with Crippen LogP contribution in [-0.2, 0) is 28.6 Å². The second kappa shape index (κ2) is 10.5. The molecule has 0 radical (unpaired) electrons. The smallest absolute Gasteiger partial charge is 0.334 e. The van der Waals surface area contributed by atoms with Gasteiger partial charge in [-0.2, -0.15) is 0 Å². The van der Waals surface area contributed by atoms with Gasteiger partial charge >= 0.3 is 17.9 Å². The van der Waals surface area contributed by atoms with Gasteiger partial charge in [0.2, 0.25) is 0 Å². The molecule has 2 rings (SSSR count). The van der Waals surface area contributed by atoms with Crippen LogP contribution in [0.5, 0.6) is 0 Å². The van der Waals surface area contributed by atoms with Crippen LogP contribution in [0.25, 0.3) is 0 Å². The van der Waals surface area contributed by atoms with E-state index in [2.05, 4.69) is 6.58 Å². The van der Waals surface area contributed by atoms with Crippen molar-refractivity contribution in [3.63, 3.8) is 0 Å². The molecule has 5 atom stereocenters. The first kappa shape index (κ1) is 23.8. The molecule has 0 aromatic rings. The molecule has 166 valence electrons. The Morgan fingerprint density at radius 3 is 2.57 bits per heavy atom. The number of aliphatic hydroxyl groups is 2. The molecule has 2 aliphatic rings. The SMILES string of the molecule is C=C1C(=O)O[C@@H]2/C=C(\CO)CC/C=C(\CO)[C@H](OC(C)=O)[C@H](OC(=O)[C@@H](C)CC)[C@@H]12. The normalized spacial score (nSPS) is 31.4. The second-order valence-corrected chi connectivity index (χ2v) is 7.62. The molecule has 1 saturated heterocycles. The average molecular weight is 422 g/mol. The third-order valence-electron chi connectivity index (χ3n) is 5.50. The van der Waals surface area contributed by atoms with Crippen molar-refractivity contribution in [2.45, 2.75) is 58.3 Å². The van der Waals surface area contributed by atoms with Crippen molar-refractivity contribution in [3.05, 3.63) is 35.5 Å². The fourth-order valence-corrected chi connectivity index (χ4v) is 3.56. The van der Waals surface area contributed by atoms with Gasteiger partial charge in [0.05, 0.1) is 25.0 Å². The number of rotatable bonds is 6. The molecule has 2 N–H and O–H groups in total. The van der Waals surface area contributed by atoms with Crippen LogP contribution in [0.15, 0.2) is 35.5 Å². The number of carbonyl (C=O) groups excluding carboxylic acids is 3. The molecule has 0 bridgehead atoms. The van der Waals surface area contributed by atoms with E-state index in [9.17, 15) is 24.6 Å². The Balaban J connectivity index is 2.61. The molecule has 8 heteroatoms. The van der Waals surface area contributed by atoms with E-state index in [1.807, 2.05) is 6.92 Å². The minimum absolute atomic E-state index is 0.0745. The first-order chi connectivity index (χ1) is 14.2. The lowest BCUT2D eigenvalue weighted by Crippen LogP contribution is -2.46. The predicted octanol–water partition coefficient (Wildman–Crippen LogP) is 1.60. The standard InChI is InChI=1S/C22H30O8/c1-5-12(2)21(26)30-20-18-13(3)22(27)29-17(18)9-15(10-23)7-6-8-16(11-24)19(20)28-14(4)25/h8-9,12,17-20,23-24H,3,5-7,10-11H2,1-2,4H3/b15-9-,16-8+/t12-,17+,18-,19-,20+/m0/s1. The molecule has 0 aromatic heterocycles. The Labute approximate surface area is 176 Å². The molecular formula is C22H30O8. The van der Waals surface area contributed by atoms with Crippen molar-refractivity contribution >= 4 is 17.9 Å². The Bertz CT molecular complexity index is 750. The monoisotopic (exact) mass is 422 g/mol. The highest BCUT2D eigenvalue weighted by molar-refractivity contribution is 5.91. The number of allylic oxidation sites excluding steroid dienone is 1. The maximum absolute atomic E-state index is 12.7. The van der Waals surface area contributed by atoms with E-state index in [-0.39, 0.29) is 12.2 Å². The molecule has 1 heterocycles. The Morgan fingerprint density at radius 2 is 2.00 bits per heavy atom. The molecule has 0 saturated carbocycles. The van der Waals surface area contributed by atoms with E-state index in [1.54, 1.807) is 19.1 Å². The molecule has 1 aliphatic carbocycles. The third-order valence-corrected chi connectivity index (χ3v) is 5.50. The summed E-state index contributed by atoms with van der Waals surface area (Å²) in [4.78, 5) is 36.8. The third kappa shape index (κ3) is 5.37. The van der Waals surface area contributed by atoms with E-state index < -0.39 is 54.7 Å². The van der Waals surface area contributed by atoms with Crippen molar-refractivity contribution in [2.75, 3.05) is 13.2 Å². The highest BCUT2D eigenvalue weighted by Crippen LogP contribution is 2.37. The molecule has 8 nitrogen and oxygen atoms in total. The lowest BCUT2D eigenvalue weighted by Gasteiger charge is -2.34. The van der Waals surface area contributed by atoms with Gasteiger partial charge in [-0.25, -0.2) is 4.79 Å². The zero-order valence-electron chi connectivity index (χ0n) is 17.6. The Kier molecular flexibility index (Phi) is 8.37. The summed E-state index contributed by atoms with van der Waals surface area (Å²) in [5.74, 6) is -3.07. The maximum atomic E-state index is 12.7. The lowest BCUT2D eigenvalue weighted by atomic mass is 9.83. The van der Waals surface area contributed by atoms with E-state index in [0.717, 1.165) is 0 Å². The number of fused-ring (bicyclic) bond motifs is 1. The van der Waals surface area contributed by atoms with E-state index in [4.69, 9.17) is 14.2 Å². The fraction of sp³-hybridized carbons (Fsp3) is 0.591. The highest BCUT2D eigenvalue weighted by atomic mass is 16.6. The van der Waals surface area contributed by atoms with Gasteiger partial charge in [0, 0.05) is 12.5 Å². The summed E-state index contributed by atoms with van der Waals surface area (Å²) >= 11 is 0. The Hall–Kier alpha value is -2.45. The molecule has 1 fully saturated rings. The van der Waals surface area contributed by atoms with Crippen molar-refractivity contribution in [2.24, 2.45) is 11.8 Å². The van der Waals surface area contributed by atoms with Crippen molar-refractivity contribution in [3.8, 4) is 0 Å². The van der Waals surface area contributed by atoms with Crippen molar-refractivity contribution in [1.29, 1.82) is 0 Å². The number of ether oxygens (including phenoxy) is 3. The summed E-state index contributed by atoms with van der Waals surface area (Å²) in [6.45, 7) is 7.89. The van der Waals surface area contributed by atoms with Gasteiger partial charge in [0.15, 0.2) is 12.2 Å². The van der Waals surface area contributed by atoms with Gasteiger partial charge in [-0.05, 0) is 36.5 Å².